The zero-order valence-electron chi connectivity index (χ0n) is 4.56. The fraction of sp³-hybridized carbons (Fsp3) is 0.250. The maximum atomic E-state index is 10.2. The van der Waals surface area contributed by atoms with Crippen LogP contribution in [0.15, 0.2) is 17.4 Å². The number of aliphatic imine (C=N–C) groups is 1. The highest BCUT2D eigenvalue weighted by atomic mass is 35.5. The molecule has 0 spiro atoms. The van der Waals surface area contributed by atoms with E-state index in [0.29, 0.717) is 6.54 Å². The second-order valence-electron chi connectivity index (χ2n) is 1.23. The fourth-order valence-corrected chi connectivity index (χ4v) is 0.362. The fourth-order valence-electron chi connectivity index (χ4n) is 0.362. The lowest BCUT2D eigenvalue weighted by molar-refractivity contribution is -0.462. The molecule has 1 rings (SSSR count). The number of hydrogen-bond acceptors (Lipinski definition) is 2. The van der Waals surface area contributed by atoms with Gasteiger partial charge in [-0.3, -0.25) is 4.99 Å². The summed E-state index contributed by atoms with van der Waals surface area (Å²) >= 11 is 0. The number of nitrogens with zero attached hydrogens (tertiary/aromatic N) is 2. The number of hydrogen-bond donors (Lipinski definition) is 0. The van der Waals surface area contributed by atoms with E-state index in [1.807, 2.05) is 0 Å². The SMILES string of the molecule is Cl.Cl.O=[N+]1C=CN=CC1. The lowest BCUT2D eigenvalue weighted by Crippen LogP contribution is -2.04. The van der Waals surface area contributed by atoms with E-state index in [2.05, 4.69) is 4.99 Å². The van der Waals surface area contributed by atoms with Crippen molar-refractivity contribution in [2.75, 3.05) is 6.54 Å². The molecule has 0 aromatic heterocycles. The lowest BCUT2D eigenvalue weighted by Gasteiger charge is -1.81. The quantitative estimate of drug-likeness (QED) is 0.502. The Bertz CT molecular complexity index is 144. The first-order chi connectivity index (χ1) is 3.39. The molecule has 0 aromatic carbocycles. The van der Waals surface area contributed by atoms with Crippen LogP contribution < -0.4 is 0 Å². The Hall–Kier alpha value is -0.410. The van der Waals surface area contributed by atoms with Crippen molar-refractivity contribution in [3.05, 3.63) is 17.3 Å². The third-order valence-corrected chi connectivity index (χ3v) is 0.686. The molecule has 0 N–H and O–H groups in total. The van der Waals surface area contributed by atoms with Gasteiger partial charge in [0.2, 0.25) is 12.7 Å². The van der Waals surface area contributed by atoms with Gasteiger partial charge >= 0.3 is 0 Å². The zero-order valence-corrected chi connectivity index (χ0v) is 6.19. The average Bonchev–Trinajstić information content (AvgIpc) is 1.69. The summed E-state index contributed by atoms with van der Waals surface area (Å²) in [7, 11) is 0. The Morgan fingerprint density at radius 3 is 2.33 bits per heavy atom. The summed E-state index contributed by atoms with van der Waals surface area (Å²) in [6.07, 6.45) is 4.42. The monoisotopic (exact) mass is 169 g/mol. The Morgan fingerprint density at radius 2 is 2.11 bits per heavy atom. The van der Waals surface area contributed by atoms with Gasteiger partial charge in [-0.2, -0.15) is 0 Å². The Labute approximate surface area is 65.2 Å². The molecular weight excluding hydrogens is 163 g/mol. The molecule has 0 aliphatic carbocycles. The standard InChI is InChI=1S/C4H5N2O.2ClH/c7-6-3-1-5-2-4-6;;/h1-3H,4H2;2*1H/q+1;;. The summed E-state index contributed by atoms with van der Waals surface area (Å²) in [5.41, 5.74) is 0. The van der Waals surface area contributed by atoms with Crippen LogP contribution in [0.25, 0.3) is 0 Å². The van der Waals surface area contributed by atoms with Gasteiger partial charge in [0.25, 0.3) is 0 Å². The number of nitroso groups, excluding NO2 is 1. The lowest BCUT2D eigenvalue weighted by atomic mass is 10.6. The molecule has 0 fully saturated rings. The zero-order chi connectivity index (χ0) is 5.11. The van der Waals surface area contributed by atoms with E-state index in [4.69, 9.17) is 0 Å². The van der Waals surface area contributed by atoms with E-state index < -0.39 is 0 Å². The molecule has 0 aromatic rings. The first-order valence-electron chi connectivity index (χ1n) is 2.01. The highest BCUT2D eigenvalue weighted by Crippen LogP contribution is 1.82. The molecule has 0 radical (unpaired) electrons. The molecule has 0 amide bonds. The van der Waals surface area contributed by atoms with E-state index in [1.165, 1.54) is 12.4 Å². The minimum Gasteiger partial charge on any atom is -0.256 e. The van der Waals surface area contributed by atoms with Crippen LogP contribution in [-0.4, -0.2) is 17.5 Å². The topological polar surface area (TPSA) is 32.4 Å². The van der Waals surface area contributed by atoms with Crippen LogP contribution >= 0.6 is 24.8 Å². The Morgan fingerprint density at radius 1 is 1.44 bits per heavy atom. The summed E-state index contributed by atoms with van der Waals surface area (Å²) in [6.45, 7) is 0.385. The van der Waals surface area contributed by atoms with Crippen molar-refractivity contribution in [3.63, 3.8) is 0 Å². The molecule has 0 unspecified atom stereocenters. The van der Waals surface area contributed by atoms with Crippen molar-refractivity contribution >= 4 is 31.0 Å². The van der Waals surface area contributed by atoms with E-state index in [9.17, 15) is 4.91 Å². The van der Waals surface area contributed by atoms with E-state index in [1.54, 1.807) is 6.21 Å². The second-order valence-corrected chi connectivity index (χ2v) is 1.23. The first kappa shape index (κ1) is 11.4. The molecule has 9 heavy (non-hydrogen) atoms. The van der Waals surface area contributed by atoms with E-state index in [0.717, 1.165) is 4.76 Å². The van der Waals surface area contributed by atoms with Gasteiger partial charge in [0.15, 0.2) is 0 Å². The van der Waals surface area contributed by atoms with Crippen molar-refractivity contribution in [1.29, 1.82) is 0 Å². The van der Waals surface area contributed by atoms with Crippen LogP contribution in [0, 0.1) is 4.91 Å². The molecule has 3 nitrogen and oxygen atoms in total. The van der Waals surface area contributed by atoms with Crippen LogP contribution in [0.3, 0.4) is 0 Å². The normalized spacial score (nSPS) is 14.0. The van der Waals surface area contributed by atoms with Crippen molar-refractivity contribution in [2.24, 2.45) is 4.99 Å². The summed E-state index contributed by atoms with van der Waals surface area (Å²) in [6, 6.07) is 0. The van der Waals surface area contributed by atoms with Gasteiger partial charge in [0.1, 0.15) is 0 Å². The smallest absolute Gasteiger partial charge is 0.239 e. The summed E-state index contributed by atoms with van der Waals surface area (Å²) in [5.74, 6) is 0. The Balaban J connectivity index is 0. The summed E-state index contributed by atoms with van der Waals surface area (Å²) < 4.78 is 0.812. The van der Waals surface area contributed by atoms with Gasteiger partial charge in [-0.25, -0.2) is 0 Å². The average molecular weight is 170 g/mol. The maximum absolute atomic E-state index is 10.2. The second kappa shape index (κ2) is 5.72. The van der Waals surface area contributed by atoms with Gasteiger partial charge in [-0.1, -0.05) is 0 Å². The summed E-state index contributed by atoms with van der Waals surface area (Å²) in [4.78, 5) is 13.9. The minimum atomic E-state index is 0. The summed E-state index contributed by atoms with van der Waals surface area (Å²) in [5, 5.41) is 0. The first-order valence-corrected chi connectivity index (χ1v) is 2.01. The van der Waals surface area contributed by atoms with Crippen LogP contribution in [0.5, 0.6) is 0 Å². The Kier molecular flexibility index (Phi) is 7.24. The van der Waals surface area contributed by atoms with Gasteiger partial charge in [0, 0.05) is 9.67 Å². The van der Waals surface area contributed by atoms with Crippen molar-refractivity contribution in [3.8, 4) is 0 Å². The van der Waals surface area contributed by atoms with Gasteiger partial charge in [-0.15, -0.1) is 24.8 Å². The molecule has 0 saturated carbocycles. The van der Waals surface area contributed by atoms with Crippen LogP contribution in [0.2, 0.25) is 0 Å². The molecule has 52 valence electrons. The third kappa shape index (κ3) is 4.12. The molecule has 0 saturated heterocycles. The minimum absolute atomic E-state index is 0. The maximum Gasteiger partial charge on any atom is 0.239 e. The van der Waals surface area contributed by atoms with E-state index >= 15 is 0 Å². The number of rotatable bonds is 0. The molecule has 0 bridgehead atoms. The van der Waals surface area contributed by atoms with Gasteiger partial charge in [0.05, 0.1) is 12.4 Å². The predicted molar refractivity (Wildman–Crippen MR) is 40.6 cm³/mol. The molecule has 1 heterocycles. The van der Waals surface area contributed by atoms with Crippen molar-refractivity contribution in [1.82, 2.24) is 0 Å². The van der Waals surface area contributed by atoms with Crippen molar-refractivity contribution in [2.45, 2.75) is 0 Å². The highest BCUT2D eigenvalue weighted by molar-refractivity contribution is 5.85. The van der Waals surface area contributed by atoms with Crippen LogP contribution in [0.1, 0.15) is 0 Å². The predicted octanol–water partition coefficient (Wildman–Crippen LogP) is 1.16. The molecular formula is C4H7Cl2N2O+. The number of halogens is 2. The van der Waals surface area contributed by atoms with Crippen LogP contribution in [-0.2, 0) is 0 Å². The molecule has 1 aliphatic rings. The molecule has 1 aliphatic heterocycles. The third-order valence-electron chi connectivity index (χ3n) is 0.686. The largest absolute Gasteiger partial charge is 0.256 e. The van der Waals surface area contributed by atoms with E-state index in [-0.39, 0.29) is 24.8 Å². The highest BCUT2D eigenvalue weighted by Gasteiger charge is 2.00. The van der Waals surface area contributed by atoms with Crippen LogP contribution in [0.4, 0.5) is 0 Å². The van der Waals surface area contributed by atoms with Gasteiger partial charge in [-0.05, 0) is 0 Å². The van der Waals surface area contributed by atoms with Gasteiger partial charge < -0.3 is 0 Å². The molecule has 5 heteroatoms. The van der Waals surface area contributed by atoms with Crippen molar-refractivity contribution < 1.29 is 4.76 Å². The molecule has 0 atom stereocenters.